The monoisotopic (exact) mass is 277 g/mol. The Bertz CT molecular complexity index is 467. The lowest BCUT2D eigenvalue weighted by atomic mass is 10.0. The van der Waals surface area contributed by atoms with Crippen molar-refractivity contribution in [3.05, 3.63) is 24.0 Å². The van der Waals surface area contributed by atoms with Crippen LogP contribution in [0.2, 0.25) is 0 Å². The van der Waals surface area contributed by atoms with Crippen LogP contribution in [-0.2, 0) is 9.53 Å². The van der Waals surface area contributed by atoms with Gasteiger partial charge in [0, 0.05) is 44.2 Å². The van der Waals surface area contributed by atoms with E-state index in [-0.39, 0.29) is 0 Å². The fourth-order valence-corrected chi connectivity index (χ4v) is 2.20. The topological polar surface area (TPSA) is 75.5 Å². The highest BCUT2D eigenvalue weighted by molar-refractivity contribution is 5.85. The number of rotatable bonds is 5. The zero-order chi connectivity index (χ0) is 14.4. The Labute approximate surface area is 118 Å². The first-order valence-electron chi connectivity index (χ1n) is 6.67. The van der Waals surface area contributed by atoms with Crippen LogP contribution in [0.25, 0.3) is 6.08 Å². The van der Waals surface area contributed by atoms with E-state index >= 15 is 0 Å². The van der Waals surface area contributed by atoms with Gasteiger partial charge in [0.05, 0.1) is 6.61 Å². The maximum atomic E-state index is 10.4. The summed E-state index contributed by atoms with van der Waals surface area (Å²) in [6.45, 7) is 2.52. The Morgan fingerprint density at radius 1 is 1.55 bits per heavy atom. The number of hydrogen-bond acceptors (Lipinski definition) is 5. The molecular weight excluding hydrogens is 258 g/mol. The summed E-state index contributed by atoms with van der Waals surface area (Å²) in [5.41, 5.74) is 0.672. The van der Waals surface area contributed by atoms with Crippen LogP contribution in [0.3, 0.4) is 0 Å². The fourth-order valence-electron chi connectivity index (χ4n) is 2.20. The molecule has 0 aromatic carbocycles. The van der Waals surface area contributed by atoms with Crippen molar-refractivity contribution < 1.29 is 14.6 Å². The van der Waals surface area contributed by atoms with Gasteiger partial charge in [0.2, 0.25) is 5.95 Å². The number of nitrogens with zero attached hydrogens (tertiary/aromatic N) is 3. The quantitative estimate of drug-likeness (QED) is 0.821. The van der Waals surface area contributed by atoms with Crippen LogP contribution in [0, 0.1) is 5.92 Å². The maximum Gasteiger partial charge on any atom is 0.328 e. The summed E-state index contributed by atoms with van der Waals surface area (Å²) in [5, 5.41) is 8.55. The molecule has 0 amide bonds. The summed E-state index contributed by atoms with van der Waals surface area (Å²) in [4.78, 5) is 20.9. The third-order valence-electron chi connectivity index (χ3n) is 3.20. The molecule has 0 saturated carbocycles. The fraction of sp³-hybridized carbons (Fsp3) is 0.500. The van der Waals surface area contributed by atoms with E-state index in [1.54, 1.807) is 12.4 Å². The minimum Gasteiger partial charge on any atom is -0.478 e. The van der Waals surface area contributed by atoms with Crippen molar-refractivity contribution in [2.24, 2.45) is 5.92 Å². The largest absolute Gasteiger partial charge is 0.478 e. The summed E-state index contributed by atoms with van der Waals surface area (Å²) in [6.07, 6.45) is 8.07. The molecule has 1 atom stereocenters. The Morgan fingerprint density at radius 3 is 2.90 bits per heavy atom. The molecule has 1 N–H and O–H groups in total. The predicted octanol–water partition coefficient (Wildman–Crippen LogP) is 1.44. The van der Waals surface area contributed by atoms with Crippen LogP contribution in [0.1, 0.15) is 18.4 Å². The average Bonchev–Trinajstić information content (AvgIpc) is 2.46. The summed E-state index contributed by atoms with van der Waals surface area (Å²) >= 11 is 0. The number of ether oxygens (including phenoxy) is 1. The molecule has 6 nitrogen and oxygen atoms in total. The first-order chi connectivity index (χ1) is 9.65. The molecule has 1 saturated heterocycles. The lowest BCUT2D eigenvalue weighted by Crippen LogP contribution is -2.31. The third-order valence-corrected chi connectivity index (χ3v) is 3.20. The smallest absolute Gasteiger partial charge is 0.328 e. The number of carboxylic acids is 1. The molecule has 6 heteroatoms. The molecule has 1 aromatic heterocycles. The SMILES string of the molecule is CN(CC1CCCOC1)c1ncc(/C=C/C(=O)O)cn1. The zero-order valence-corrected chi connectivity index (χ0v) is 11.5. The van der Waals surface area contributed by atoms with E-state index in [2.05, 4.69) is 9.97 Å². The highest BCUT2D eigenvalue weighted by Gasteiger charge is 2.17. The van der Waals surface area contributed by atoms with Gasteiger partial charge >= 0.3 is 5.97 Å². The zero-order valence-electron chi connectivity index (χ0n) is 11.5. The minimum absolute atomic E-state index is 0.518. The van der Waals surface area contributed by atoms with Gasteiger partial charge < -0.3 is 14.7 Å². The number of aliphatic carboxylic acids is 1. The van der Waals surface area contributed by atoms with Gasteiger partial charge in [0.1, 0.15) is 0 Å². The van der Waals surface area contributed by atoms with Gasteiger partial charge in [-0.15, -0.1) is 0 Å². The molecule has 1 aliphatic rings. The van der Waals surface area contributed by atoms with E-state index in [1.807, 2.05) is 11.9 Å². The molecule has 1 aromatic rings. The van der Waals surface area contributed by atoms with E-state index in [4.69, 9.17) is 9.84 Å². The van der Waals surface area contributed by atoms with Crippen molar-refractivity contribution >= 4 is 18.0 Å². The number of aromatic nitrogens is 2. The van der Waals surface area contributed by atoms with Gasteiger partial charge in [-0.25, -0.2) is 14.8 Å². The van der Waals surface area contributed by atoms with E-state index in [0.29, 0.717) is 17.4 Å². The van der Waals surface area contributed by atoms with Crippen molar-refractivity contribution in [2.75, 3.05) is 31.7 Å². The second-order valence-corrected chi connectivity index (χ2v) is 4.95. The Hall–Kier alpha value is -1.95. The van der Waals surface area contributed by atoms with Gasteiger partial charge in [-0.05, 0) is 24.8 Å². The maximum absolute atomic E-state index is 10.4. The number of hydrogen-bond donors (Lipinski definition) is 1. The second-order valence-electron chi connectivity index (χ2n) is 4.95. The second kappa shape index (κ2) is 7.00. The van der Waals surface area contributed by atoms with E-state index < -0.39 is 5.97 Å². The van der Waals surface area contributed by atoms with Crippen LogP contribution in [0.15, 0.2) is 18.5 Å². The van der Waals surface area contributed by atoms with Crippen molar-refractivity contribution in [3.8, 4) is 0 Å². The van der Waals surface area contributed by atoms with Crippen molar-refractivity contribution in [1.82, 2.24) is 9.97 Å². The molecule has 108 valence electrons. The molecular formula is C14H19N3O3. The number of carboxylic acid groups (broad SMARTS) is 1. The molecule has 1 unspecified atom stereocenters. The lowest BCUT2D eigenvalue weighted by Gasteiger charge is -2.27. The average molecular weight is 277 g/mol. The number of anilines is 1. The van der Waals surface area contributed by atoms with Crippen molar-refractivity contribution in [2.45, 2.75) is 12.8 Å². The molecule has 2 heterocycles. The van der Waals surface area contributed by atoms with Gasteiger partial charge in [0.25, 0.3) is 0 Å². The predicted molar refractivity (Wildman–Crippen MR) is 75.5 cm³/mol. The van der Waals surface area contributed by atoms with Crippen molar-refractivity contribution in [1.29, 1.82) is 0 Å². The summed E-state index contributed by atoms with van der Waals surface area (Å²) in [5.74, 6) is 0.176. The molecule has 1 fully saturated rings. The molecule has 0 radical (unpaired) electrons. The highest BCUT2D eigenvalue weighted by atomic mass is 16.5. The lowest BCUT2D eigenvalue weighted by molar-refractivity contribution is -0.131. The van der Waals surface area contributed by atoms with Gasteiger partial charge in [0.15, 0.2) is 0 Å². The van der Waals surface area contributed by atoms with Crippen molar-refractivity contribution in [3.63, 3.8) is 0 Å². The first-order valence-corrected chi connectivity index (χ1v) is 6.67. The summed E-state index contributed by atoms with van der Waals surface area (Å²) in [7, 11) is 1.96. The van der Waals surface area contributed by atoms with Crippen LogP contribution in [0.5, 0.6) is 0 Å². The Balaban J connectivity index is 1.92. The molecule has 0 bridgehead atoms. The molecule has 20 heavy (non-hydrogen) atoms. The minimum atomic E-state index is -0.983. The summed E-state index contributed by atoms with van der Waals surface area (Å²) in [6, 6.07) is 0. The van der Waals surface area contributed by atoms with Crippen LogP contribution in [-0.4, -0.2) is 47.8 Å². The Morgan fingerprint density at radius 2 is 2.30 bits per heavy atom. The number of carbonyl (C=O) groups is 1. The van der Waals surface area contributed by atoms with Crippen LogP contribution >= 0.6 is 0 Å². The van der Waals surface area contributed by atoms with E-state index in [9.17, 15) is 4.79 Å². The van der Waals surface area contributed by atoms with Gasteiger partial charge in [-0.3, -0.25) is 0 Å². The van der Waals surface area contributed by atoms with Gasteiger partial charge in [-0.2, -0.15) is 0 Å². The Kier molecular flexibility index (Phi) is 5.06. The molecule has 2 rings (SSSR count). The third kappa shape index (κ3) is 4.31. The highest BCUT2D eigenvalue weighted by Crippen LogP contribution is 2.16. The first kappa shape index (κ1) is 14.5. The van der Waals surface area contributed by atoms with Crippen LogP contribution in [0.4, 0.5) is 5.95 Å². The molecule has 0 aliphatic carbocycles. The normalized spacial score (nSPS) is 19.1. The molecule has 0 spiro atoms. The van der Waals surface area contributed by atoms with Gasteiger partial charge in [-0.1, -0.05) is 0 Å². The molecule has 1 aliphatic heterocycles. The standard InChI is InChI=1S/C14H19N3O3/c1-17(9-12-3-2-6-20-10-12)14-15-7-11(8-16-14)4-5-13(18)19/h4-5,7-8,12H,2-3,6,9-10H2,1H3,(H,18,19)/b5-4+. The van der Waals surface area contributed by atoms with E-state index in [1.165, 1.54) is 12.5 Å². The summed E-state index contributed by atoms with van der Waals surface area (Å²) < 4.78 is 5.46. The van der Waals surface area contributed by atoms with E-state index in [0.717, 1.165) is 32.3 Å². The van der Waals surface area contributed by atoms with Crippen LogP contribution < -0.4 is 4.90 Å².